The zero-order valence-corrected chi connectivity index (χ0v) is 12.3. The molecule has 4 heteroatoms. The van der Waals surface area contributed by atoms with Crippen LogP contribution in [-0.2, 0) is 4.74 Å². The van der Waals surface area contributed by atoms with Crippen molar-refractivity contribution < 1.29 is 13.5 Å². The van der Waals surface area contributed by atoms with Gasteiger partial charge in [-0.3, -0.25) is 0 Å². The Balaban J connectivity index is 3.31. The maximum Gasteiger partial charge on any atom is 0.163 e. The summed E-state index contributed by atoms with van der Waals surface area (Å²) in [5.41, 5.74) is 0.0433. The Hall–Kier alpha value is -1.00. The Morgan fingerprint density at radius 1 is 1.26 bits per heavy atom. The fourth-order valence-electron chi connectivity index (χ4n) is 2.21. The molecule has 0 heterocycles. The second-order valence-corrected chi connectivity index (χ2v) is 4.96. The third-order valence-corrected chi connectivity index (χ3v) is 3.80. The quantitative estimate of drug-likeness (QED) is 0.851. The summed E-state index contributed by atoms with van der Waals surface area (Å²) in [6, 6.07) is 2.85. The second kappa shape index (κ2) is 6.44. The van der Waals surface area contributed by atoms with Crippen LogP contribution in [0.5, 0.6) is 0 Å². The molecule has 0 aliphatic heterocycles. The molecule has 0 fully saturated rings. The smallest absolute Gasteiger partial charge is 0.163 e. The molecular formula is C15H23F2NO. The van der Waals surface area contributed by atoms with Gasteiger partial charge in [0.05, 0.1) is 11.6 Å². The molecule has 1 aromatic carbocycles. The third-order valence-electron chi connectivity index (χ3n) is 3.80. The number of methoxy groups -OCH3 is 1. The highest BCUT2D eigenvalue weighted by molar-refractivity contribution is 5.29. The predicted molar refractivity (Wildman–Crippen MR) is 73.2 cm³/mol. The number of hydrogen-bond acceptors (Lipinski definition) is 2. The largest absolute Gasteiger partial charge is 0.377 e. The number of benzene rings is 1. The van der Waals surface area contributed by atoms with E-state index in [4.69, 9.17) is 4.74 Å². The molecule has 0 saturated carbocycles. The third kappa shape index (κ3) is 3.12. The highest BCUT2D eigenvalue weighted by Crippen LogP contribution is 2.34. The van der Waals surface area contributed by atoms with Gasteiger partial charge in [-0.25, -0.2) is 8.78 Å². The molecule has 0 saturated heterocycles. The van der Waals surface area contributed by atoms with Gasteiger partial charge in [0.15, 0.2) is 11.6 Å². The number of ether oxygens (including phenoxy) is 1. The van der Waals surface area contributed by atoms with E-state index in [1.807, 2.05) is 20.8 Å². The average molecular weight is 271 g/mol. The van der Waals surface area contributed by atoms with Crippen molar-refractivity contribution in [3.8, 4) is 0 Å². The first-order valence-corrected chi connectivity index (χ1v) is 6.64. The summed E-state index contributed by atoms with van der Waals surface area (Å²) in [5, 5.41) is 3.20. The van der Waals surface area contributed by atoms with Crippen molar-refractivity contribution in [1.29, 1.82) is 0 Å². The van der Waals surface area contributed by atoms with Gasteiger partial charge in [-0.2, -0.15) is 0 Å². The van der Waals surface area contributed by atoms with Crippen LogP contribution in [0.1, 0.15) is 44.4 Å². The molecule has 0 aliphatic carbocycles. The molecular weight excluding hydrogens is 248 g/mol. The molecule has 1 aromatic rings. The van der Waals surface area contributed by atoms with Crippen LogP contribution in [0.4, 0.5) is 8.78 Å². The summed E-state index contributed by atoms with van der Waals surface area (Å²) in [5.74, 6) is -1.57. The van der Waals surface area contributed by atoms with Gasteiger partial charge in [0, 0.05) is 12.7 Å². The summed E-state index contributed by atoms with van der Waals surface area (Å²) in [6.45, 7) is 8.01. The lowest BCUT2D eigenvalue weighted by molar-refractivity contribution is -0.0306. The zero-order chi connectivity index (χ0) is 14.6. The minimum absolute atomic E-state index is 0.312. The van der Waals surface area contributed by atoms with E-state index in [1.54, 1.807) is 26.2 Å². The summed E-state index contributed by atoms with van der Waals surface area (Å²) in [6.07, 6.45) is 0.691. The van der Waals surface area contributed by atoms with Crippen molar-refractivity contribution in [3.05, 3.63) is 34.9 Å². The molecule has 0 aliphatic rings. The Labute approximate surface area is 114 Å². The van der Waals surface area contributed by atoms with E-state index in [9.17, 15) is 8.78 Å². The van der Waals surface area contributed by atoms with E-state index >= 15 is 0 Å². The van der Waals surface area contributed by atoms with E-state index < -0.39 is 17.2 Å². The van der Waals surface area contributed by atoms with Gasteiger partial charge in [-0.05, 0) is 32.4 Å². The van der Waals surface area contributed by atoms with E-state index in [-0.39, 0.29) is 6.04 Å². The van der Waals surface area contributed by atoms with Gasteiger partial charge in [0.1, 0.15) is 0 Å². The van der Waals surface area contributed by atoms with Gasteiger partial charge in [0.25, 0.3) is 0 Å². The molecule has 0 spiro atoms. The van der Waals surface area contributed by atoms with Crippen LogP contribution in [0, 0.1) is 18.6 Å². The molecule has 2 atom stereocenters. The minimum Gasteiger partial charge on any atom is -0.377 e. The molecule has 2 nitrogen and oxygen atoms in total. The topological polar surface area (TPSA) is 21.3 Å². The Kier molecular flexibility index (Phi) is 5.44. The van der Waals surface area contributed by atoms with E-state index in [0.717, 1.165) is 0 Å². The van der Waals surface area contributed by atoms with Gasteiger partial charge < -0.3 is 10.1 Å². The van der Waals surface area contributed by atoms with Gasteiger partial charge in [-0.1, -0.05) is 26.0 Å². The number of nitrogens with one attached hydrogen (secondary N) is 1. The average Bonchev–Trinajstić information content (AvgIpc) is 2.42. The summed E-state index contributed by atoms with van der Waals surface area (Å²) in [7, 11) is 1.59. The summed E-state index contributed by atoms with van der Waals surface area (Å²) < 4.78 is 33.4. The van der Waals surface area contributed by atoms with Crippen molar-refractivity contribution in [2.45, 2.75) is 45.8 Å². The lowest BCUT2D eigenvalue weighted by atomic mass is 9.86. The molecule has 0 amide bonds. The van der Waals surface area contributed by atoms with Crippen LogP contribution < -0.4 is 5.32 Å². The van der Waals surface area contributed by atoms with Gasteiger partial charge in [-0.15, -0.1) is 0 Å². The number of aryl methyl sites for hydroxylation is 1. The van der Waals surface area contributed by atoms with Crippen LogP contribution >= 0.6 is 0 Å². The molecule has 108 valence electrons. The lowest BCUT2D eigenvalue weighted by Gasteiger charge is -2.37. The first-order chi connectivity index (χ1) is 8.91. The number of likely N-dealkylation sites (N-methyl/N-ethyl adjacent to an activating group) is 1. The second-order valence-electron chi connectivity index (χ2n) is 4.96. The Morgan fingerprint density at radius 2 is 1.89 bits per heavy atom. The number of halogens is 2. The predicted octanol–water partition coefficient (Wildman–Crippen LogP) is 3.74. The summed E-state index contributed by atoms with van der Waals surface area (Å²) in [4.78, 5) is 0. The monoisotopic (exact) mass is 271 g/mol. The molecule has 1 rings (SSSR count). The molecule has 1 N–H and O–H groups in total. The number of rotatable bonds is 6. The molecule has 0 aromatic heterocycles. The normalized spacial score (nSPS) is 16.2. The van der Waals surface area contributed by atoms with E-state index in [0.29, 0.717) is 24.1 Å². The van der Waals surface area contributed by atoms with Crippen LogP contribution in [0.2, 0.25) is 0 Å². The van der Waals surface area contributed by atoms with Crippen molar-refractivity contribution >= 4 is 0 Å². The highest BCUT2D eigenvalue weighted by atomic mass is 19.2. The standard InChI is InChI=1S/C15H23F2NO/c1-6-15(4,19-5)14(18-7-2)11-9-8-10(3)12(16)13(11)17/h8-9,14,18H,6-7H2,1-5H3. The summed E-state index contributed by atoms with van der Waals surface area (Å²) >= 11 is 0. The van der Waals surface area contributed by atoms with Crippen molar-refractivity contribution in [3.63, 3.8) is 0 Å². The minimum atomic E-state index is -0.789. The SMILES string of the molecule is CCNC(c1ccc(C)c(F)c1F)C(C)(CC)OC. The zero-order valence-electron chi connectivity index (χ0n) is 12.3. The molecule has 19 heavy (non-hydrogen) atoms. The van der Waals surface area contributed by atoms with E-state index in [2.05, 4.69) is 5.32 Å². The fourth-order valence-corrected chi connectivity index (χ4v) is 2.21. The Bertz CT molecular complexity index is 430. The van der Waals surface area contributed by atoms with Crippen LogP contribution in [0.3, 0.4) is 0 Å². The molecule has 0 radical (unpaired) electrons. The lowest BCUT2D eigenvalue weighted by Crippen LogP contribution is -2.43. The first kappa shape index (κ1) is 16.1. The van der Waals surface area contributed by atoms with Crippen LogP contribution in [0.25, 0.3) is 0 Å². The van der Waals surface area contributed by atoms with Gasteiger partial charge >= 0.3 is 0 Å². The highest BCUT2D eigenvalue weighted by Gasteiger charge is 2.35. The Morgan fingerprint density at radius 3 is 2.37 bits per heavy atom. The van der Waals surface area contributed by atoms with Crippen molar-refractivity contribution in [1.82, 2.24) is 5.32 Å². The van der Waals surface area contributed by atoms with E-state index in [1.165, 1.54) is 0 Å². The van der Waals surface area contributed by atoms with Gasteiger partial charge in [0.2, 0.25) is 0 Å². The van der Waals surface area contributed by atoms with Crippen molar-refractivity contribution in [2.75, 3.05) is 13.7 Å². The van der Waals surface area contributed by atoms with Crippen LogP contribution in [-0.4, -0.2) is 19.3 Å². The molecule has 0 bridgehead atoms. The molecule has 2 unspecified atom stereocenters. The maximum atomic E-state index is 14.2. The first-order valence-electron chi connectivity index (χ1n) is 6.64. The maximum absolute atomic E-state index is 14.2. The van der Waals surface area contributed by atoms with Crippen LogP contribution in [0.15, 0.2) is 12.1 Å². The fraction of sp³-hybridized carbons (Fsp3) is 0.600. The number of hydrogen-bond donors (Lipinski definition) is 1. The van der Waals surface area contributed by atoms with Crippen molar-refractivity contribution in [2.24, 2.45) is 0 Å².